The van der Waals surface area contributed by atoms with Crippen LogP contribution < -0.4 is 5.32 Å². The van der Waals surface area contributed by atoms with Crippen molar-refractivity contribution in [3.63, 3.8) is 0 Å². The molecule has 1 aliphatic rings. The fraction of sp³-hybridized carbons (Fsp3) is 0.412. The molecule has 1 atom stereocenters. The van der Waals surface area contributed by atoms with Gasteiger partial charge in [0.1, 0.15) is 0 Å². The molecule has 1 aromatic carbocycles. The van der Waals surface area contributed by atoms with Crippen LogP contribution in [-0.2, 0) is 17.6 Å². The minimum absolute atomic E-state index is 0.0330. The van der Waals surface area contributed by atoms with E-state index in [0.29, 0.717) is 6.42 Å². The number of nitrogens with one attached hydrogen (secondary N) is 1. The molecule has 3 rings (SSSR count). The molecule has 122 valence electrons. The van der Waals surface area contributed by atoms with Crippen molar-refractivity contribution in [2.45, 2.75) is 37.5 Å². The van der Waals surface area contributed by atoms with Gasteiger partial charge >= 0.3 is 0 Å². The normalized spacial score (nSPS) is 16.9. The third-order valence-electron chi connectivity index (χ3n) is 3.84. The molecule has 6 heteroatoms. The van der Waals surface area contributed by atoms with Gasteiger partial charge in [0, 0.05) is 27.0 Å². The van der Waals surface area contributed by atoms with Crippen molar-refractivity contribution in [3.8, 4) is 0 Å². The molecule has 1 heterocycles. The number of fused-ring (bicyclic) bond motifs is 1. The van der Waals surface area contributed by atoms with Gasteiger partial charge in [0.2, 0.25) is 5.91 Å². The fourth-order valence-electron chi connectivity index (χ4n) is 2.57. The number of anilines is 1. The lowest BCUT2D eigenvalue weighted by atomic mass is 9.93. The van der Waals surface area contributed by atoms with Gasteiger partial charge in [-0.3, -0.25) is 4.79 Å². The van der Waals surface area contributed by atoms with E-state index in [1.165, 1.54) is 17.0 Å². The van der Waals surface area contributed by atoms with E-state index < -0.39 is 0 Å². The van der Waals surface area contributed by atoms with Crippen LogP contribution in [-0.4, -0.2) is 16.6 Å². The highest BCUT2D eigenvalue weighted by Gasteiger charge is 2.20. The molecule has 0 spiro atoms. The van der Waals surface area contributed by atoms with Crippen molar-refractivity contribution in [2.75, 3.05) is 11.1 Å². The van der Waals surface area contributed by atoms with E-state index in [9.17, 15) is 4.79 Å². The van der Waals surface area contributed by atoms with E-state index >= 15 is 0 Å². The van der Waals surface area contributed by atoms with Gasteiger partial charge in [-0.2, -0.15) is 0 Å². The Labute approximate surface area is 149 Å². The first-order chi connectivity index (χ1) is 11.1. The number of carbonyl (C=O) groups is 1. The number of carbonyl (C=O) groups excluding carboxylic acids is 1. The third kappa shape index (κ3) is 4.72. The van der Waals surface area contributed by atoms with Crippen LogP contribution in [0.4, 0.5) is 5.13 Å². The maximum atomic E-state index is 12.1. The molecule has 1 aliphatic carbocycles. The summed E-state index contributed by atoms with van der Waals surface area (Å²) in [6.45, 7) is 2.27. The first-order valence-electron chi connectivity index (χ1n) is 7.77. The number of thioether (sulfide) groups is 1. The van der Waals surface area contributed by atoms with Crippen LogP contribution >= 0.6 is 34.7 Å². The van der Waals surface area contributed by atoms with Crippen LogP contribution in [0.2, 0.25) is 5.02 Å². The van der Waals surface area contributed by atoms with Crippen LogP contribution in [0.25, 0.3) is 0 Å². The molecule has 3 nitrogen and oxygen atoms in total. The quantitative estimate of drug-likeness (QED) is 0.753. The van der Waals surface area contributed by atoms with Gasteiger partial charge in [-0.15, -0.1) is 23.1 Å². The number of hydrogen-bond donors (Lipinski definition) is 1. The molecule has 2 aromatic rings. The monoisotopic (exact) mass is 366 g/mol. The van der Waals surface area contributed by atoms with E-state index in [4.69, 9.17) is 11.6 Å². The van der Waals surface area contributed by atoms with Crippen LogP contribution in [0.3, 0.4) is 0 Å². The van der Waals surface area contributed by atoms with Crippen LogP contribution in [0.15, 0.2) is 29.2 Å². The first-order valence-corrected chi connectivity index (χ1v) is 9.95. The van der Waals surface area contributed by atoms with Gasteiger partial charge in [0.15, 0.2) is 5.13 Å². The Kier molecular flexibility index (Phi) is 5.62. The van der Waals surface area contributed by atoms with E-state index in [1.807, 2.05) is 24.3 Å². The molecule has 1 amide bonds. The minimum atomic E-state index is 0.0330. The summed E-state index contributed by atoms with van der Waals surface area (Å²) in [6, 6.07) is 7.68. The Morgan fingerprint density at radius 1 is 1.43 bits per heavy atom. The SMILES string of the molecule is C[C@@H]1CCc2nc(NC(=O)CCSc3ccc(Cl)cc3)sc2C1. The summed E-state index contributed by atoms with van der Waals surface area (Å²) in [5, 5.41) is 4.43. The Hall–Kier alpha value is -1.04. The molecular weight excluding hydrogens is 348 g/mol. The maximum Gasteiger partial charge on any atom is 0.226 e. The van der Waals surface area contributed by atoms with Crippen LogP contribution in [0.5, 0.6) is 0 Å². The Balaban J connectivity index is 1.47. The topological polar surface area (TPSA) is 42.0 Å². The number of nitrogens with zero attached hydrogens (tertiary/aromatic N) is 1. The highest BCUT2D eigenvalue weighted by Crippen LogP contribution is 2.32. The second kappa shape index (κ2) is 7.69. The average molecular weight is 367 g/mol. The Morgan fingerprint density at radius 3 is 3.00 bits per heavy atom. The lowest BCUT2D eigenvalue weighted by Gasteiger charge is -2.15. The van der Waals surface area contributed by atoms with Crippen molar-refractivity contribution >= 4 is 45.7 Å². The molecule has 0 bridgehead atoms. The van der Waals surface area contributed by atoms with Gasteiger partial charge in [-0.05, 0) is 49.4 Å². The Bertz CT molecular complexity index is 684. The molecule has 0 radical (unpaired) electrons. The number of amides is 1. The second-order valence-electron chi connectivity index (χ2n) is 5.84. The predicted molar refractivity (Wildman–Crippen MR) is 98.7 cm³/mol. The lowest BCUT2D eigenvalue weighted by molar-refractivity contribution is -0.115. The number of hydrogen-bond acceptors (Lipinski definition) is 4. The molecule has 0 aliphatic heterocycles. The van der Waals surface area contributed by atoms with Gasteiger partial charge < -0.3 is 5.32 Å². The largest absolute Gasteiger partial charge is 0.302 e. The van der Waals surface area contributed by atoms with Crippen molar-refractivity contribution in [1.29, 1.82) is 0 Å². The summed E-state index contributed by atoms with van der Waals surface area (Å²) < 4.78 is 0. The van der Waals surface area contributed by atoms with E-state index in [1.54, 1.807) is 23.1 Å². The third-order valence-corrected chi connectivity index (χ3v) is 6.15. The number of aryl methyl sites for hydroxylation is 1. The van der Waals surface area contributed by atoms with E-state index in [2.05, 4.69) is 17.2 Å². The van der Waals surface area contributed by atoms with Gasteiger partial charge in [0.25, 0.3) is 0 Å². The van der Waals surface area contributed by atoms with Crippen molar-refractivity contribution < 1.29 is 4.79 Å². The summed E-state index contributed by atoms with van der Waals surface area (Å²) in [4.78, 5) is 19.1. The van der Waals surface area contributed by atoms with Gasteiger partial charge in [0.05, 0.1) is 5.69 Å². The summed E-state index contributed by atoms with van der Waals surface area (Å²) >= 11 is 9.15. The second-order valence-corrected chi connectivity index (χ2v) is 8.53. The van der Waals surface area contributed by atoms with Gasteiger partial charge in [-0.25, -0.2) is 4.98 Å². The van der Waals surface area contributed by atoms with Crippen molar-refractivity contribution in [1.82, 2.24) is 4.98 Å². The zero-order chi connectivity index (χ0) is 16.2. The molecule has 1 N–H and O–H groups in total. The van der Waals surface area contributed by atoms with Crippen LogP contribution in [0, 0.1) is 5.92 Å². The molecule has 0 unspecified atom stereocenters. The maximum absolute atomic E-state index is 12.1. The van der Waals surface area contributed by atoms with Crippen LogP contribution in [0.1, 0.15) is 30.3 Å². The first kappa shape index (κ1) is 16.8. The molecule has 0 fully saturated rings. The summed E-state index contributed by atoms with van der Waals surface area (Å²) in [5.74, 6) is 1.50. The zero-order valence-corrected chi connectivity index (χ0v) is 15.4. The predicted octanol–water partition coefficient (Wildman–Crippen LogP) is 5.04. The smallest absolute Gasteiger partial charge is 0.226 e. The Morgan fingerprint density at radius 2 is 2.22 bits per heavy atom. The molecule has 23 heavy (non-hydrogen) atoms. The molecule has 0 saturated heterocycles. The number of halogens is 1. The molecular formula is C17H19ClN2OS2. The number of thiazole rings is 1. The highest BCUT2D eigenvalue weighted by atomic mass is 35.5. The zero-order valence-electron chi connectivity index (χ0n) is 13.0. The molecule has 0 saturated carbocycles. The average Bonchev–Trinajstić information content (AvgIpc) is 2.90. The van der Waals surface area contributed by atoms with Gasteiger partial charge in [-0.1, -0.05) is 18.5 Å². The summed E-state index contributed by atoms with van der Waals surface area (Å²) in [6.07, 6.45) is 3.81. The lowest BCUT2D eigenvalue weighted by Crippen LogP contribution is -2.12. The summed E-state index contributed by atoms with van der Waals surface area (Å²) in [7, 11) is 0. The number of rotatable bonds is 5. The fourth-order valence-corrected chi connectivity index (χ4v) is 4.73. The highest BCUT2D eigenvalue weighted by molar-refractivity contribution is 7.99. The standard InChI is InChI=1S/C17H19ClN2OS2/c1-11-2-7-14-15(10-11)23-17(19-14)20-16(21)8-9-22-13-5-3-12(18)4-6-13/h3-6,11H,2,7-10H2,1H3,(H,19,20,21)/t11-/m1/s1. The number of benzene rings is 1. The van der Waals surface area contributed by atoms with E-state index in [-0.39, 0.29) is 5.91 Å². The molecule has 1 aromatic heterocycles. The van der Waals surface area contributed by atoms with E-state index in [0.717, 1.165) is 39.6 Å². The van der Waals surface area contributed by atoms with Crippen molar-refractivity contribution in [3.05, 3.63) is 39.9 Å². The number of aromatic nitrogens is 1. The van der Waals surface area contributed by atoms with Crippen molar-refractivity contribution in [2.24, 2.45) is 5.92 Å². The minimum Gasteiger partial charge on any atom is -0.302 e. The summed E-state index contributed by atoms with van der Waals surface area (Å²) in [5.41, 5.74) is 1.18.